The largest absolute Gasteiger partial charge is 0.480 e. The Balaban J connectivity index is 0.000000650. The molecule has 0 saturated carbocycles. The van der Waals surface area contributed by atoms with Crippen molar-refractivity contribution >= 4 is 77.5 Å². The first-order chi connectivity index (χ1) is 33.1. The van der Waals surface area contributed by atoms with E-state index in [1.54, 1.807) is 9.80 Å². The van der Waals surface area contributed by atoms with Gasteiger partial charge in [-0.3, -0.25) is 43.8 Å². The molecule has 0 bridgehead atoms. The molecule has 2 aromatic rings. The summed E-state index contributed by atoms with van der Waals surface area (Å²) in [6.45, 7) is 13.8. The van der Waals surface area contributed by atoms with Crippen molar-refractivity contribution in [3.8, 4) is 0 Å². The molecule has 2 unspecified atom stereocenters. The molecular formula is C45H74N10O12S2. The number of aliphatic hydroxyl groups excluding tert-OH is 3. The first kappa shape index (κ1) is 62.2. The van der Waals surface area contributed by atoms with Gasteiger partial charge in [0.05, 0.1) is 33.1 Å². The number of anilines is 2. The molecule has 2 aromatic carbocycles. The predicted octanol–water partition coefficient (Wildman–Crippen LogP) is -0.868. The van der Waals surface area contributed by atoms with Gasteiger partial charge in [-0.2, -0.15) is 0 Å². The summed E-state index contributed by atoms with van der Waals surface area (Å²) < 4.78 is 0. The summed E-state index contributed by atoms with van der Waals surface area (Å²) in [6, 6.07) is 15.5. The van der Waals surface area contributed by atoms with E-state index >= 15 is 0 Å². The minimum absolute atomic E-state index is 0.0243. The summed E-state index contributed by atoms with van der Waals surface area (Å²) in [5.74, 6) is -2.81. The van der Waals surface area contributed by atoms with E-state index in [1.807, 2.05) is 88.6 Å². The van der Waals surface area contributed by atoms with Crippen LogP contribution in [-0.2, 0) is 36.8 Å². The molecule has 11 N–H and O–H groups in total. The summed E-state index contributed by atoms with van der Waals surface area (Å²) >= 11 is 10.5. The second kappa shape index (κ2) is 36.2. The Hall–Kier alpha value is -4.83. The number of carboxylic acids is 3. The minimum Gasteiger partial charge on any atom is -0.480 e. The molecule has 0 aromatic heterocycles. The van der Waals surface area contributed by atoms with Gasteiger partial charge in [0.1, 0.15) is 13.6 Å². The van der Waals surface area contributed by atoms with Crippen molar-refractivity contribution in [2.45, 2.75) is 51.5 Å². The van der Waals surface area contributed by atoms with Crippen LogP contribution in [0.5, 0.6) is 0 Å². The first-order valence-corrected chi connectivity index (χ1v) is 23.4. The molecule has 0 spiro atoms. The quantitative estimate of drug-likeness (QED) is 0.0603. The topological polar surface area (TPSA) is 295 Å². The van der Waals surface area contributed by atoms with E-state index in [0.717, 1.165) is 42.0 Å². The molecule has 0 aliphatic carbocycles. The number of rotatable bonds is 19. The summed E-state index contributed by atoms with van der Waals surface area (Å²) in [5, 5.41) is 80.3. The van der Waals surface area contributed by atoms with Crippen LogP contribution in [0.1, 0.15) is 31.4 Å². The molecule has 2 fully saturated rings. The lowest BCUT2D eigenvalue weighted by molar-refractivity contribution is -0.140. The van der Waals surface area contributed by atoms with Crippen LogP contribution in [0, 0.1) is 0 Å². The lowest BCUT2D eigenvalue weighted by Gasteiger charge is -2.34. The number of aliphatic carboxylic acids is 3. The number of carbonyl (C=O) groups is 5. The molecule has 4 rings (SSSR count). The first-order valence-electron chi connectivity index (χ1n) is 22.6. The van der Waals surface area contributed by atoms with E-state index in [0.29, 0.717) is 88.5 Å². The van der Waals surface area contributed by atoms with Gasteiger partial charge in [-0.1, -0.05) is 31.2 Å². The van der Waals surface area contributed by atoms with Crippen molar-refractivity contribution in [3.05, 3.63) is 59.7 Å². The molecule has 2 aliphatic heterocycles. The third-order valence-electron chi connectivity index (χ3n) is 10.9. The Morgan fingerprint density at radius 3 is 1.41 bits per heavy atom. The molecule has 0 amide bonds. The maximum atomic E-state index is 11.5. The second-order valence-electron chi connectivity index (χ2n) is 16.1. The van der Waals surface area contributed by atoms with Crippen LogP contribution in [0.3, 0.4) is 0 Å². The Morgan fingerprint density at radius 1 is 0.594 bits per heavy atom. The smallest absolute Gasteiger partial charge is 0.317 e. The van der Waals surface area contributed by atoms with Gasteiger partial charge in [0.2, 0.25) is 0 Å². The van der Waals surface area contributed by atoms with Crippen molar-refractivity contribution in [2.75, 3.05) is 129 Å². The number of β-amino-alcohol motifs (C(OH)–C–C–N with tert-alkyl or cyclic N) is 2. The van der Waals surface area contributed by atoms with Crippen LogP contribution in [0.25, 0.3) is 0 Å². The van der Waals surface area contributed by atoms with Crippen LogP contribution in [-0.4, -0.2) is 243 Å². The number of aliphatic hydroxyl groups is 4. The van der Waals surface area contributed by atoms with Gasteiger partial charge in [0.25, 0.3) is 0 Å². The van der Waals surface area contributed by atoms with E-state index in [1.165, 1.54) is 0 Å². The third kappa shape index (κ3) is 26.7. The summed E-state index contributed by atoms with van der Waals surface area (Å²) in [7, 11) is 0. The molecule has 22 nitrogen and oxygen atoms in total. The van der Waals surface area contributed by atoms with E-state index in [-0.39, 0.29) is 51.7 Å². The van der Waals surface area contributed by atoms with Crippen LogP contribution in [0.4, 0.5) is 11.4 Å². The van der Waals surface area contributed by atoms with E-state index in [2.05, 4.69) is 28.2 Å². The highest BCUT2D eigenvalue weighted by Gasteiger charge is 2.28. The van der Waals surface area contributed by atoms with Gasteiger partial charge >= 0.3 is 17.9 Å². The van der Waals surface area contributed by atoms with Crippen molar-refractivity contribution < 1.29 is 59.7 Å². The molecule has 388 valence electrons. The highest BCUT2D eigenvalue weighted by molar-refractivity contribution is 7.80. The number of hydrogen-bond acceptors (Lipinski definition) is 17. The Morgan fingerprint density at radius 2 is 0.986 bits per heavy atom. The van der Waals surface area contributed by atoms with Crippen molar-refractivity contribution in [1.29, 1.82) is 0 Å². The lowest BCUT2D eigenvalue weighted by atomic mass is 10.0. The van der Waals surface area contributed by atoms with Gasteiger partial charge in [-0.25, -0.2) is 0 Å². The van der Waals surface area contributed by atoms with Gasteiger partial charge in [0, 0.05) is 109 Å². The molecular weight excluding hydrogens is 937 g/mol. The highest BCUT2D eigenvalue weighted by Crippen LogP contribution is 2.18. The monoisotopic (exact) mass is 1010 g/mol. The standard InChI is InChI=1S/C23H37N5O6S.C20H33N5O4S.2CH2O/c1-2-7-24-23(35)25-18-5-3-17(4-6-18)12-19-13-27(15-21(31)32)9-8-26(14-20(29)30)10-11-28(19)16-22(33)34;1-2-21-20(30)22-17-5-3-16(4-6-17)11-18-12-24(13-19(28)29)8-7-23(14-26)9-10-25(18)15-27;2*1-2/h3-6,19,22,33-34H,2,7-16H2,1H3,(H,29,30)(H,31,32)(H2,24,25,35);3-6,18,26-27H,2,7-15H2,1H3,(H,28,29)(H2,21,22,30);2*1H2. The molecule has 69 heavy (non-hydrogen) atoms. The Labute approximate surface area is 415 Å². The highest BCUT2D eigenvalue weighted by atomic mass is 32.1. The fourth-order valence-corrected chi connectivity index (χ4v) is 8.11. The molecule has 24 heteroatoms. The number of carboxylic acid groups (broad SMARTS) is 3. The minimum atomic E-state index is -1.57. The second-order valence-corrected chi connectivity index (χ2v) is 16.9. The van der Waals surface area contributed by atoms with Gasteiger partial charge in [0.15, 0.2) is 16.5 Å². The summed E-state index contributed by atoms with van der Waals surface area (Å²) in [6.07, 6.45) is 0.630. The fourth-order valence-electron chi connectivity index (χ4n) is 7.63. The number of nitrogens with one attached hydrogen (secondary N) is 4. The average Bonchev–Trinajstić information content (AvgIpc) is 3.43. The van der Waals surface area contributed by atoms with Crippen LogP contribution in [0.2, 0.25) is 0 Å². The summed E-state index contributed by atoms with van der Waals surface area (Å²) in [5.41, 5.74) is 3.83. The fraction of sp³-hybridized carbons (Fsp3) is 0.578. The maximum Gasteiger partial charge on any atom is 0.317 e. The van der Waals surface area contributed by atoms with E-state index < -0.39 is 24.2 Å². The zero-order chi connectivity index (χ0) is 51.7. The SMILES string of the molecule is C=O.C=O.CCCNC(=S)Nc1ccc(CC2CN(CC(=O)O)CCN(CC(=O)O)CCN2CC(O)O)cc1.CCNC(=S)Nc1ccc(CC2CN(CC(=O)O)CCN(CO)CCN2CO)cc1. The number of nitrogens with zero attached hydrogens (tertiary/aromatic N) is 6. The van der Waals surface area contributed by atoms with E-state index in [4.69, 9.17) is 34.0 Å². The van der Waals surface area contributed by atoms with Gasteiger partial charge in [-0.15, -0.1) is 0 Å². The lowest BCUT2D eigenvalue weighted by Crippen LogP contribution is -2.49. The molecule has 2 saturated heterocycles. The van der Waals surface area contributed by atoms with Crippen molar-refractivity contribution in [1.82, 2.24) is 40.0 Å². The zero-order valence-electron chi connectivity index (χ0n) is 39.8. The van der Waals surface area contributed by atoms with Crippen LogP contribution < -0.4 is 21.3 Å². The van der Waals surface area contributed by atoms with Gasteiger partial charge < -0.3 is 66.6 Å². The molecule has 2 atom stereocenters. The maximum absolute atomic E-state index is 11.5. The average molecular weight is 1010 g/mol. The number of benzene rings is 2. The number of carbonyl (C=O) groups excluding carboxylic acids is 2. The third-order valence-corrected chi connectivity index (χ3v) is 11.4. The predicted molar refractivity (Wildman–Crippen MR) is 271 cm³/mol. The number of hydrogen-bond donors (Lipinski definition) is 11. The number of thiocarbonyl (C=S) groups is 2. The summed E-state index contributed by atoms with van der Waals surface area (Å²) in [4.78, 5) is 61.1. The Kier molecular flexibility index (Phi) is 32.6. The van der Waals surface area contributed by atoms with Crippen LogP contribution in [0.15, 0.2) is 48.5 Å². The molecule has 2 heterocycles. The molecule has 2 aliphatic rings. The zero-order valence-corrected chi connectivity index (χ0v) is 41.4. The van der Waals surface area contributed by atoms with Crippen molar-refractivity contribution in [2.24, 2.45) is 0 Å². The van der Waals surface area contributed by atoms with Crippen LogP contribution >= 0.6 is 24.4 Å². The Bertz CT molecular complexity index is 1790. The van der Waals surface area contributed by atoms with Gasteiger partial charge in [-0.05, 0) is 86.0 Å². The van der Waals surface area contributed by atoms with Crippen molar-refractivity contribution in [3.63, 3.8) is 0 Å². The van der Waals surface area contributed by atoms with E-state index in [9.17, 15) is 50.1 Å². The normalized spacial score (nSPS) is 18.0. The molecule has 0 radical (unpaired) electrons.